The van der Waals surface area contributed by atoms with E-state index in [1.165, 1.54) is 29.8 Å². The van der Waals surface area contributed by atoms with Crippen molar-refractivity contribution in [1.82, 2.24) is 15.1 Å². The van der Waals surface area contributed by atoms with Gasteiger partial charge in [-0.05, 0) is 43.6 Å². The van der Waals surface area contributed by atoms with Crippen molar-refractivity contribution in [2.45, 2.75) is 38.6 Å². The highest BCUT2D eigenvalue weighted by Crippen LogP contribution is 2.21. The second-order valence-electron chi connectivity index (χ2n) is 5.52. The standard InChI is InChI=1S/C16H19N3O3S/c20-14(17-9-8-12-5-2-1-3-6-12)11-19-16(21)22-15(18-19)13-7-4-10-23-13/h4-5,7,10H,1-3,6,8-9,11H2,(H,17,20). The first kappa shape index (κ1) is 15.7. The summed E-state index contributed by atoms with van der Waals surface area (Å²) in [5.41, 5.74) is 1.41. The van der Waals surface area contributed by atoms with Gasteiger partial charge in [0.1, 0.15) is 6.54 Å². The Bertz CT molecular complexity index is 743. The Kier molecular flexibility index (Phi) is 5.07. The van der Waals surface area contributed by atoms with Gasteiger partial charge in [0.15, 0.2) is 0 Å². The van der Waals surface area contributed by atoms with Crippen LogP contribution >= 0.6 is 11.3 Å². The smallest absolute Gasteiger partial charge is 0.387 e. The van der Waals surface area contributed by atoms with Crippen LogP contribution in [0.2, 0.25) is 0 Å². The third kappa shape index (κ3) is 4.19. The van der Waals surface area contributed by atoms with Crippen molar-refractivity contribution >= 4 is 17.2 Å². The van der Waals surface area contributed by atoms with E-state index in [1.54, 1.807) is 0 Å². The minimum atomic E-state index is -0.612. The summed E-state index contributed by atoms with van der Waals surface area (Å²) < 4.78 is 6.14. The number of thiophene rings is 1. The van der Waals surface area contributed by atoms with Crippen molar-refractivity contribution in [1.29, 1.82) is 0 Å². The summed E-state index contributed by atoms with van der Waals surface area (Å²) in [7, 11) is 0. The van der Waals surface area contributed by atoms with Gasteiger partial charge in [0.25, 0.3) is 5.89 Å². The van der Waals surface area contributed by atoms with E-state index in [9.17, 15) is 9.59 Å². The molecule has 2 aromatic heterocycles. The molecule has 0 aromatic carbocycles. The molecule has 3 rings (SSSR count). The summed E-state index contributed by atoms with van der Waals surface area (Å²) in [6, 6.07) is 3.67. The van der Waals surface area contributed by atoms with Crippen LogP contribution in [0, 0.1) is 0 Å². The van der Waals surface area contributed by atoms with Gasteiger partial charge in [0.2, 0.25) is 5.91 Å². The van der Waals surface area contributed by atoms with Gasteiger partial charge in [-0.3, -0.25) is 4.79 Å². The molecular formula is C16H19N3O3S. The van der Waals surface area contributed by atoms with Crippen LogP contribution in [0.15, 0.2) is 38.4 Å². The Balaban J connectivity index is 1.52. The molecule has 0 spiro atoms. The molecule has 0 saturated heterocycles. The van der Waals surface area contributed by atoms with Crippen molar-refractivity contribution in [2.24, 2.45) is 0 Å². The van der Waals surface area contributed by atoms with Crippen LogP contribution in [0.3, 0.4) is 0 Å². The van der Waals surface area contributed by atoms with E-state index >= 15 is 0 Å². The normalized spacial score (nSPS) is 14.5. The Morgan fingerprint density at radius 2 is 2.35 bits per heavy atom. The SMILES string of the molecule is O=C(Cn1nc(-c2cccs2)oc1=O)NCCC1=CCCCC1. The van der Waals surface area contributed by atoms with Gasteiger partial charge in [-0.25, -0.2) is 4.79 Å². The lowest BCUT2D eigenvalue weighted by Crippen LogP contribution is -2.32. The third-order valence-corrected chi connectivity index (χ3v) is 4.64. The number of allylic oxidation sites excluding steroid dienone is 1. The fraction of sp³-hybridized carbons (Fsp3) is 0.438. The van der Waals surface area contributed by atoms with Gasteiger partial charge < -0.3 is 9.73 Å². The molecule has 2 aromatic rings. The van der Waals surface area contributed by atoms with Crippen molar-refractivity contribution in [3.63, 3.8) is 0 Å². The van der Waals surface area contributed by atoms with Crippen LogP contribution in [0.4, 0.5) is 0 Å². The zero-order valence-electron chi connectivity index (χ0n) is 12.8. The van der Waals surface area contributed by atoms with Gasteiger partial charge in [-0.1, -0.05) is 17.7 Å². The quantitative estimate of drug-likeness (QED) is 0.824. The average Bonchev–Trinajstić information content (AvgIpc) is 3.19. The van der Waals surface area contributed by atoms with Crippen molar-refractivity contribution in [3.8, 4) is 10.8 Å². The lowest BCUT2D eigenvalue weighted by atomic mass is 9.97. The molecule has 1 aliphatic rings. The molecule has 0 bridgehead atoms. The van der Waals surface area contributed by atoms with Gasteiger partial charge in [-0.15, -0.1) is 16.4 Å². The van der Waals surface area contributed by atoms with Crippen molar-refractivity contribution in [3.05, 3.63) is 39.7 Å². The summed E-state index contributed by atoms with van der Waals surface area (Å²) in [5, 5.41) is 8.77. The van der Waals surface area contributed by atoms with E-state index < -0.39 is 5.76 Å². The maximum Gasteiger partial charge on any atom is 0.437 e. The lowest BCUT2D eigenvalue weighted by Gasteiger charge is -2.12. The van der Waals surface area contributed by atoms with E-state index in [4.69, 9.17) is 4.42 Å². The predicted octanol–water partition coefficient (Wildman–Crippen LogP) is 2.57. The average molecular weight is 333 g/mol. The summed E-state index contributed by atoms with van der Waals surface area (Å²) in [6.07, 6.45) is 7.91. The summed E-state index contributed by atoms with van der Waals surface area (Å²) in [6.45, 7) is 0.474. The molecule has 0 unspecified atom stereocenters. The van der Waals surface area contributed by atoms with Crippen LogP contribution in [-0.2, 0) is 11.3 Å². The number of carbonyl (C=O) groups is 1. The fourth-order valence-corrected chi connectivity index (χ4v) is 3.24. The first-order chi connectivity index (χ1) is 11.2. The zero-order chi connectivity index (χ0) is 16.1. The zero-order valence-corrected chi connectivity index (χ0v) is 13.6. The third-order valence-electron chi connectivity index (χ3n) is 3.78. The maximum absolute atomic E-state index is 11.9. The molecular weight excluding hydrogens is 314 g/mol. The highest BCUT2D eigenvalue weighted by Gasteiger charge is 2.13. The van der Waals surface area contributed by atoms with E-state index in [0.29, 0.717) is 6.54 Å². The second-order valence-corrected chi connectivity index (χ2v) is 6.46. The number of rotatable bonds is 6. The molecule has 23 heavy (non-hydrogen) atoms. The number of aromatic nitrogens is 2. The van der Waals surface area contributed by atoms with Crippen LogP contribution in [0.1, 0.15) is 32.1 Å². The molecule has 0 radical (unpaired) electrons. The molecule has 0 aliphatic heterocycles. The fourth-order valence-electron chi connectivity index (χ4n) is 2.59. The molecule has 6 nitrogen and oxygen atoms in total. The van der Waals surface area contributed by atoms with Crippen molar-refractivity contribution in [2.75, 3.05) is 6.54 Å². The summed E-state index contributed by atoms with van der Waals surface area (Å²) >= 11 is 1.43. The number of nitrogens with zero attached hydrogens (tertiary/aromatic N) is 2. The lowest BCUT2D eigenvalue weighted by molar-refractivity contribution is -0.121. The van der Waals surface area contributed by atoms with Gasteiger partial charge in [-0.2, -0.15) is 4.68 Å². The Morgan fingerprint density at radius 1 is 1.43 bits per heavy atom. The summed E-state index contributed by atoms with van der Waals surface area (Å²) in [4.78, 5) is 24.4. The highest BCUT2D eigenvalue weighted by molar-refractivity contribution is 7.13. The highest BCUT2D eigenvalue weighted by atomic mass is 32.1. The number of nitrogens with one attached hydrogen (secondary N) is 1. The Morgan fingerprint density at radius 3 is 3.09 bits per heavy atom. The number of amides is 1. The van der Waals surface area contributed by atoms with E-state index in [-0.39, 0.29) is 18.3 Å². The minimum Gasteiger partial charge on any atom is -0.387 e. The molecule has 7 heteroatoms. The molecule has 1 aliphatic carbocycles. The summed E-state index contributed by atoms with van der Waals surface area (Å²) in [5.74, 6) is -0.585. The molecule has 2 heterocycles. The number of hydrogen-bond donors (Lipinski definition) is 1. The second kappa shape index (κ2) is 7.41. The minimum absolute atomic E-state index is 0.118. The number of carbonyl (C=O) groups excluding carboxylic acids is 1. The number of hydrogen-bond acceptors (Lipinski definition) is 5. The molecule has 122 valence electrons. The predicted molar refractivity (Wildman–Crippen MR) is 88.3 cm³/mol. The molecule has 0 atom stereocenters. The van der Waals surface area contributed by atoms with E-state index in [0.717, 1.165) is 28.8 Å². The van der Waals surface area contributed by atoms with Crippen molar-refractivity contribution < 1.29 is 9.21 Å². The maximum atomic E-state index is 11.9. The first-order valence-electron chi connectivity index (χ1n) is 7.79. The molecule has 0 saturated carbocycles. The van der Waals surface area contributed by atoms with Gasteiger partial charge in [0, 0.05) is 6.54 Å². The van der Waals surface area contributed by atoms with Gasteiger partial charge >= 0.3 is 5.76 Å². The first-order valence-corrected chi connectivity index (χ1v) is 8.67. The van der Waals surface area contributed by atoms with Crippen LogP contribution in [0.5, 0.6) is 0 Å². The van der Waals surface area contributed by atoms with Crippen LogP contribution in [0.25, 0.3) is 10.8 Å². The Hall–Kier alpha value is -2.15. The molecule has 1 amide bonds. The van der Waals surface area contributed by atoms with Crippen LogP contribution < -0.4 is 11.1 Å². The van der Waals surface area contributed by atoms with Crippen LogP contribution in [-0.4, -0.2) is 22.2 Å². The Labute approximate surface area is 137 Å². The largest absolute Gasteiger partial charge is 0.437 e. The van der Waals surface area contributed by atoms with E-state index in [1.807, 2.05) is 17.5 Å². The monoisotopic (exact) mass is 333 g/mol. The van der Waals surface area contributed by atoms with E-state index in [2.05, 4.69) is 16.5 Å². The molecule has 0 fully saturated rings. The topological polar surface area (TPSA) is 77.1 Å². The van der Waals surface area contributed by atoms with Gasteiger partial charge in [0.05, 0.1) is 4.88 Å². The molecule has 1 N–H and O–H groups in total.